The summed E-state index contributed by atoms with van der Waals surface area (Å²) < 4.78 is 5.58. The average Bonchev–Trinajstić information content (AvgIpc) is 2.44. The van der Waals surface area contributed by atoms with Gasteiger partial charge in [0.2, 0.25) is 5.91 Å². The van der Waals surface area contributed by atoms with Crippen LogP contribution in [0, 0.1) is 0 Å². The number of unbranched alkanes of at least 4 members (excludes halogenated alkanes) is 1. The van der Waals surface area contributed by atoms with Gasteiger partial charge in [0.15, 0.2) is 0 Å². The number of amides is 1. The van der Waals surface area contributed by atoms with Gasteiger partial charge in [-0.1, -0.05) is 37.1 Å². The second-order valence-corrected chi connectivity index (χ2v) is 6.23. The zero-order valence-corrected chi connectivity index (χ0v) is 13.6. The number of halogens is 1. The third kappa shape index (κ3) is 3.98. The molecule has 0 saturated heterocycles. The maximum atomic E-state index is 12.3. The summed E-state index contributed by atoms with van der Waals surface area (Å²) in [4.78, 5) is 12.3. The van der Waals surface area contributed by atoms with E-state index < -0.39 is 6.10 Å². The van der Waals surface area contributed by atoms with Gasteiger partial charge >= 0.3 is 0 Å². The van der Waals surface area contributed by atoms with Crippen molar-refractivity contribution in [3.63, 3.8) is 0 Å². The van der Waals surface area contributed by atoms with Gasteiger partial charge in [-0.2, -0.15) is 0 Å². The summed E-state index contributed by atoms with van der Waals surface area (Å²) >= 11 is 5.94. The first kappa shape index (κ1) is 16.3. The number of rotatable bonds is 7. The molecule has 0 radical (unpaired) electrons. The first-order valence-corrected chi connectivity index (χ1v) is 8.15. The summed E-state index contributed by atoms with van der Waals surface area (Å²) in [6.07, 6.45) is 4.74. The first-order valence-electron chi connectivity index (χ1n) is 7.77. The molecule has 4 heteroatoms. The molecule has 1 unspecified atom stereocenters. The van der Waals surface area contributed by atoms with Crippen LogP contribution in [-0.2, 0) is 15.1 Å². The summed E-state index contributed by atoms with van der Waals surface area (Å²) in [5.74, 6) is -0.0271. The SMILES string of the molecule is CCCCOC(C)C(=O)NC1(c2ccc(Cl)cc2)CCC1. The lowest BCUT2D eigenvalue weighted by Gasteiger charge is -2.43. The fourth-order valence-electron chi connectivity index (χ4n) is 2.60. The van der Waals surface area contributed by atoms with Gasteiger partial charge in [-0.3, -0.25) is 4.79 Å². The van der Waals surface area contributed by atoms with Gasteiger partial charge in [0.05, 0.1) is 5.54 Å². The van der Waals surface area contributed by atoms with Crippen molar-refractivity contribution in [2.75, 3.05) is 6.61 Å². The minimum absolute atomic E-state index is 0.0271. The average molecular weight is 310 g/mol. The van der Waals surface area contributed by atoms with E-state index in [-0.39, 0.29) is 11.4 Å². The molecule has 1 N–H and O–H groups in total. The zero-order chi connectivity index (χ0) is 15.3. The van der Waals surface area contributed by atoms with Crippen molar-refractivity contribution in [1.82, 2.24) is 5.32 Å². The molecule has 0 spiro atoms. The van der Waals surface area contributed by atoms with Crippen LogP contribution in [0.3, 0.4) is 0 Å². The number of carbonyl (C=O) groups excluding carboxylic acids is 1. The van der Waals surface area contributed by atoms with Crippen molar-refractivity contribution in [3.8, 4) is 0 Å². The molecule has 1 saturated carbocycles. The van der Waals surface area contributed by atoms with Crippen LogP contribution in [0.2, 0.25) is 5.02 Å². The van der Waals surface area contributed by atoms with E-state index in [4.69, 9.17) is 16.3 Å². The van der Waals surface area contributed by atoms with Gasteiger partial charge in [0, 0.05) is 11.6 Å². The molecule has 0 aliphatic heterocycles. The molecule has 0 aromatic heterocycles. The minimum atomic E-state index is -0.402. The Morgan fingerprint density at radius 3 is 2.57 bits per heavy atom. The Bertz CT molecular complexity index is 468. The molecule has 1 fully saturated rings. The van der Waals surface area contributed by atoms with Crippen LogP contribution in [0.15, 0.2) is 24.3 Å². The Balaban J connectivity index is 1.98. The number of ether oxygens (including phenoxy) is 1. The van der Waals surface area contributed by atoms with E-state index in [9.17, 15) is 4.79 Å². The van der Waals surface area contributed by atoms with E-state index in [1.165, 1.54) is 0 Å². The van der Waals surface area contributed by atoms with Gasteiger partial charge in [0.25, 0.3) is 0 Å². The van der Waals surface area contributed by atoms with Gasteiger partial charge in [-0.05, 0) is 50.3 Å². The molecule has 1 amide bonds. The topological polar surface area (TPSA) is 38.3 Å². The molecule has 2 rings (SSSR count). The second kappa shape index (κ2) is 7.28. The van der Waals surface area contributed by atoms with Crippen molar-refractivity contribution < 1.29 is 9.53 Å². The van der Waals surface area contributed by atoms with Crippen LogP contribution >= 0.6 is 11.6 Å². The molecule has 1 aromatic rings. The molecular weight excluding hydrogens is 286 g/mol. The number of benzene rings is 1. The van der Waals surface area contributed by atoms with Gasteiger partial charge in [0.1, 0.15) is 6.10 Å². The van der Waals surface area contributed by atoms with E-state index in [1.807, 2.05) is 31.2 Å². The number of carbonyl (C=O) groups is 1. The molecule has 116 valence electrons. The highest BCUT2D eigenvalue weighted by Crippen LogP contribution is 2.41. The summed E-state index contributed by atoms with van der Waals surface area (Å²) in [6, 6.07) is 7.77. The van der Waals surface area contributed by atoms with Crippen LogP contribution in [0.25, 0.3) is 0 Å². The van der Waals surface area contributed by atoms with Crippen molar-refractivity contribution in [1.29, 1.82) is 0 Å². The highest BCUT2D eigenvalue weighted by atomic mass is 35.5. The van der Waals surface area contributed by atoms with E-state index in [0.29, 0.717) is 6.61 Å². The number of nitrogens with one attached hydrogen (secondary N) is 1. The zero-order valence-electron chi connectivity index (χ0n) is 12.8. The molecule has 1 atom stereocenters. The third-order valence-electron chi connectivity index (χ3n) is 4.20. The van der Waals surface area contributed by atoms with Gasteiger partial charge in [-0.15, -0.1) is 0 Å². The maximum absolute atomic E-state index is 12.3. The largest absolute Gasteiger partial charge is 0.369 e. The normalized spacial score (nSPS) is 17.9. The number of hydrogen-bond donors (Lipinski definition) is 1. The van der Waals surface area contributed by atoms with Crippen molar-refractivity contribution in [3.05, 3.63) is 34.9 Å². The van der Waals surface area contributed by atoms with Crippen molar-refractivity contribution in [2.24, 2.45) is 0 Å². The fraction of sp³-hybridized carbons (Fsp3) is 0.588. The molecule has 0 bridgehead atoms. The molecule has 1 aliphatic carbocycles. The van der Waals surface area contributed by atoms with Crippen LogP contribution < -0.4 is 5.32 Å². The summed E-state index contributed by atoms with van der Waals surface area (Å²) in [7, 11) is 0. The van der Waals surface area contributed by atoms with Crippen molar-refractivity contribution >= 4 is 17.5 Å². The van der Waals surface area contributed by atoms with E-state index >= 15 is 0 Å². The van der Waals surface area contributed by atoms with Crippen molar-refractivity contribution in [2.45, 2.75) is 57.6 Å². The summed E-state index contributed by atoms with van der Waals surface area (Å²) in [5.41, 5.74) is 0.900. The Morgan fingerprint density at radius 1 is 1.38 bits per heavy atom. The standard InChI is InChI=1S/C17H24ClNO2/c1-3-4-12-21-13(2)16(20)19-17(10-5-11-17)14-6-8-15(18)9-7-14/h6-9,13H,3-5,10-12H2,1-2H3,(H,19,20). The van der Waals surface area contributed by atoms with Gasteiger partial charge in [-0.25, -0.2) is 0 Å². The lowest BCUT2D eigenvalue weighted by atomic mass is 9.71. The molecule has 0 heterocycles. The predicted molar refractivity (Wildman–Crippen MR) is 85.4 cm³/mol. The number of hydrogen-bond acceptors (Lipinski definition) is 2. The molecule has 3 nitrogen and oxygen atoms in total. The smallest absolute Gasteiger partial charge is 0.249 e. The quantitative estimate of drug-likeness (QED) is 0.772. The Morgan fingerprint density at radius 2 is 2.05 bits per heavy atom. The van der Waals surface area contributed by atoms with E-state index in [1.54, 1.807) is 0 Å². The predicted octanol–water partition coefficient (Wildman–Crippen LogP) is 4.04. The molecular formula is C17H24ClNO2. The molecule has 1 aromatic carbocycles. The van der Waals surface area contributed by atoms with Crippen LogP contribution in [-0.4, -0.2) is 18.6 Å². The second-order valence-electron chi connectivity index (χ2n) is 5.80. The summed E-state index contributed by atoms with van der Waals surface area (Å²) in [5, 5.41) is 3.90. The van der Waals surface area contributed by atoms with E-state index in [2.05, 4.69) is 12.2 Å². The van der Waals surface area contributed by atoms with Crippen LogP contribution in [0.1, 0.15) is 51.5 Å². The van der Waals surface area contributed by atoms with Crippen LogP contribution in [0.5, 0.6) is 0 Å². The Kier molecular flexibility index (Phi) is 5.65. The molecule has 21 heavy (non-hydrogen) atoms. The minimum Gasteiger partial charge on any atom is -0.369 e. The highest BCUT2D eigenvalue weighted by Gasteiger charge is 2.40. The first-order chi connectivity index (χ1) is 10.1. The Hall–Kier alpha value is -1.06. The monoisotopic (exact) mass is 309 g/mol. The Labute approximate surface area is 132 Å². The summed E-state index contributed by atoms with van der Waals surface area (Å²) in [6.45, 7) is 4.57. The van der Waals surface area contributed by atoms with E-state index in [0.717, 1.165) is 42.7 Å². The lowest BCUT2D eigenvalue weighted by molar-refractivity contribution is -0.135. The lowest BCUT2D eigenvalue weighted by Crippen LogP contribution is -2.53. The van der Waals surface area contributed by atoms with Crippen LogP contribution in [0.4, 0.5) is 0 Å². The molecule has 1 aliphatic rings. The van der Waals surface area contributed by atoms with Gasteiger partial charge < -0.3 is 10.1 Å². The fourth-order valence-corrected chi connectivity index (χ4v) is 2.73. The highest BCUT2D eigenvalue weighted by molar-refractivity contribution is 6.30. The maximum Gasteiger partial charge on any atom is 0.249 e. The third-order valence-corrected chi connectivity index (χ3v) is 4.45.